The van der Waals surface area contributed by atoms with Crippen LogP contribution < -0.4 is 0 Å². The van der Waals surface area contributed by atoms with Crippen LogP contribution in [-0.4, -0.2) is 36.1 Å². The number of hydrogen-bond acceptors (Lipinski definition) is 2. The molecule has 0 saturated heterocycles. The van der Waals surface area contributed by atoms with Gasteiger partial charge >= 0.3 is 5.97 Å². The number of carboxylic acids is 1. The summed E-state index contributed by atoms with van der Waals surface area (Å²) in [6.07, 6.45) is 0.249. The lowest BCUT2D eigenvalue weighted by molar-refractivity contribution is -0.138. The minimum atomic E-state index is -0.716. The number of carbonyl (C=O) groups is 1. The summed E-state index contributed by atoms with van der Waals surface area (Å²) in [7, 11) is 3.92. The summed E-state index contributed by atoms with van der Waals surface area (Å²) in [6, 6.07) is 0.325. The quantitative estimate of drug-likeness (QED) is 0.666. The predicted molar refractivity (Wildman–Crippen MR) is 44.6 cm³/mol. The molecule has 2 atom stereocenters. The fraction of sp³-hybridized carbons (Fsp3) is 0.875. The van der Waals surface area contributed by atoms with Gasteiger partial charge in [0, 0.05) is 12.5 Å². The molecule has 3 nitrogen and oxygen atoms in total. The minimum Gasteiger partial charge on any atom is -0.481 e. The van der Waals surface area contributed by atoms with Crippen molar-refractivity contribution in [2.24, 2.45) is 5.92 Å². The van der Waals surface area contributed by atoms with E-state index in [1.165, 1.54) is 0 Å². The average Bonchev–Trinajstić information content (AvgIpc) is 1.84. The Morgan fingerprint density at radius 2 is 1.91 bits per heavy atom. The maximum absolute atomic E-state index is 10.3. The Bertz CT molecular complexity index is 134. The molecule has 0 aromatic rings. The molecule has 0 bridgehead atoms. The summed E-state index contributed by atoms with van der Waals surface area (Å²) >= 11 is 0. The van der Waals surface area contributed by atoms with Gasteiger partial charge < -0.3 is 10.0 Å². The standard InChI is InChI=1S/C8H17NO2/c1-6(5-8(10)11)7(2)9(3)4/h6-7H,5H2,1-4H3,(H,10,11). The van der Waals surface area contributed by atoms with Gasteiger partial charge in [0.05, 0.1) is 0 Å². The molecule has 0 aromatic carbocycles. The normalized spacial score (nSPS) is 16.5. The summed E-state index contributed by atoms with van der Waals surface area (Å²) in [6.45, 7) is 3.99. The molecule has 0 radical (unpaired) electrons. The average molecular weight is 159 g/mol. The second-order valence-corrected chi connectivity index (χ2v) is 3.28. The van der Waals surface area contributed by atoms with Crippen molar-refractivity contribution in [3.8, 4) is 0 Å². The van der Waals surface area contributed by atoms with Crippen molar-refractivity contribution in [1.82, 2.24) is 4.90 Å². The number of rotatable bonds is 4. The molecule has 0 aliphatic rings. The van der Waals surface area contributed by atoms with Crippen molar-refractivity contribution < 1.29 is 9.90 Å². The Kier molecular flexibility index (Phi) is 4.11. The molecule has 0 aromatic heterocycles. The SMILES string of the molecule is CC(CC(=O)O)C(C)N(C)C. The van der Waals surface area contributed by atoms with Gasteiger partial charge in [-0.2, -0.15) is 0 Å². The number of hydrogen-bond donors (Lipinski definition) is 1. The third kappa shape index (κ3) is 3.98. The second-order valence-electron chi connectivity index (χ2n) is 3.28. The van der Waals surface area contributed by atoms with E-state index in [-0.39, 0.29) is 12.3 Å². The van der Waals surface area contributed by atoms with Crippen molar-refractivity contribution in [3.63, 3.8) is 0 Å². The first kappa shape index (κ1) is 10.4. The molecule has 0 fully saturated rings. The Labute approximate surface area is 68.0 Å². The van der Waals surface area contributed by atoms with E-state index >= 15 is 0 Å². The highest BCUT2D eigenvalue weighted by molar-refractivity contribution is 5.67. The van der Waals surface area contributed by atoms with Crippen molar-refractivity contribution in [2.75, 3.05) is 14.1 Å². The molecule has 0 amide bonds. The first-order chi connectivity index (χ1) is 4.95. The molecular formula is C8H17NO2. The van der Waals surface area contributed by atoms with E-state index in [4.69, 9.17) is 5.11 Å². The van der Waals surface area contributed by atoms with Crippen LogP contribution in [0.15, 0.2) is 0 Å². The molecule has 1 N–H and O–H groups in total. The summed E-state index contributed by atoms with van der Waals surface area (Å²) in [4.78, 5) is 12.4. The van der Waals surface area contributed by atoms with E-state index in [0.29, 0.717) is 6.04 Å². The third-order valence-corrected chi connectivity index (χ3v) is 2.13. The van der Waals surface area contributed by atoms with E-state index in [1.807, 2.05) is 32.8 Å². The lowest BCUT2D eigenvalue weighted by Gasteiger charge is -2.24. The summed E-state index contributed by atoms with van der Waals surface area (Å²) in [5.41, 5.74) is 0. The van der Waals surface area contributed by atoms with Crippen LogP contribution in [0.5, 0.6) is 0 Å². The summed E-state index contributed by atoms with van der Waals surface area (Å²) in [5, 5.41) is 8.50. The van der Waals surface area contributed by atoms with Crippen molar-refractivity contribution in [1.29, 1.82) is 0 Å². The Morgan fingerprint density at radius 1 is 1.45 bits per heavy atom. The zero-order chi connectivity index (χ0) is 9.02. The van der Waals surface area contributed by atoms with Gasteiger partial charge in [-0.05, 0) is 26.9 Å². The van der Waals surface area contributed by atoms with Gasteiger partial charge in [-0.25, -0.2) is 0 Å². The van der Waals surface area contributed by atoms with E-state index in [2.05, 4.69) is 0 Å². The van der Waals surface area contributed by atoms with Gasteiger partial charge in [0.2, 0.25) is 0 Å². The van der Waals surface area contributed by atoms with Gasteiger partial charge in [-0.1, -0.05) is 6.92 Å². The maximum atomic E-state index is 10.3. The predicted octanol–water partition coefficient (Wildman–Crippen LogP) is 1.05. The van der Waals surface area contributed by atoms with Crippen LogP contribution in [0, 0.1) is 5.92 Å². The van der Waals surface area contributed by atoms with Gasteiger partial charge in [0.1, 0.15) is 0 Å². The van der Waals surface area contributed by atoms with Crippen LogP contribution in [0.3, 0.4) is 0 Å². The summed E-state index contributed by atoms with van der Waals surface area (Å²) in [5.74, 6) is -0.506. The number of nitrogens with zero attached hydrogens (tertiary/aromatic N) is 1. The van der Waals surface area contributed by atoms with E-state index in [1.54, 1.807) is 0 Å². The first-order valence-corrected chi connectivity index (χ1v) is 3.83. The molecule has 3 heteroatoms. The van der Waals surface area contributed by atoms with Crippen LogP contribution >= 0.6 is 0 Å². The largest absolute Gasteiger partial charge is 0.481 e. The van der Waals surface area contributed by atoms with Crippen LogP contribution in [0.25, 0.3) is 0 Å². The van der Waals surface area contributed by atoms with Crippen molar-refractivity contribution in [2.45, 2.75) is 26.3 Å². The zero-order valence-corrected chi connectivity index (χ0v) is 7.66. The Balaban J connectivity index is 3.82. The molecule has 0 aliphatic carbocycles. The van der Waals surface area contributed by atoms with E-state index < -0.39 is 5.97 Å². The first-order valence-electron chi connectivity index (χ1n) is 3.83. The maximum Gasteiger partial charge on any atom is 0.303 e. The molecule has 2 unspecified atom stereocenters. The minimum absolute atomic E-state index is 0.211. The van der Waals surface area contributed by atoms with E-state index in [0.717, 1.165) is 0 Å². The number of carboxylic acid groups (broad SMARTS) is 1. The lowest BCUT2D eigenvalue weighted by Crippen LogP contribution is -2.32. The molecule has 0 heterocycles. The molecule has 66 valence electrons. The highest BCUT2D eigenvalue weighted by Gasteiger charge is 2.16. The van der Waals surface area contributed by atoms with Gasteiger partial charge in [-0.3, -0.25) is 4.79 Å². The van der Waals surface area contributed by atoms with Gasteiger partial charge in [-0.15, -0.1) is 0 Å². The molecule has 0 saturated carbocycles. The van der Waals surface area contributed by atoms with E-state index in [9.17, 15) is 4.79 Å². The highest BCUT2D eigenvalue weighted by atomic mass is 16.4. The Morgan fingerprint density at radius 3 is 2.18 bits per heavy atom. The highest BCUT2D eigenvalue weighted by Crippen LogP contribution is 2.11. The Hall–Kier alpha value is -0.570. The van der Waals surface area contributed by atoms with Crippen LogP contribution in [0.4, 0.5) is 0 Å². The third-order valence-electron chi connectivity index (χ3n) is 2.13. The fourth-order valence-corrected chi connectivity index (χ4v) is 0.955. The van der Waals surface area contributed by atoms with Gasteiger partial charge in [0.15, 0.2) is 0 Å². The molecule has 11 heavy (non-hydrogen) atoms. The molecule has 0 aliphatic heterocycles. The molecule has 0 spiro atoms. The fourth-order valence-electron chi connectivity index (χ4n) is 0.955. The monoisotopic (exact) mass is 159 g/mol. The van der Waals surface area contributed by atoms with Crippen LogP contribution in [-0.2, 0) is 4.79 Å². The number of aliphatic carboxylic acids is 1. The second kappa shape index (κ2) is 4.34. The van der Waals surface area contributed by atoms with Crippen molar-refractivity contribution >= 4 is 5.97 Å². The molecular weight excluding hydrogens is 142 g/mol. The van der Waals surface area contributed by atoms with Crippen LogP contribution in [0.2, 0.25) is 0 Å². The van der Waals surface area contributed by atoms with Crippen LogP contribution in [0.1, 0.15) is 20.3 Å². The lowest BCUT2D eigenvalue weighted by atomic mass is 9.99. The topological polar surface area (TPSA) is 40.5 Å². The van der Waals surface area contributed by atoms with Crippen molar-refractivity contribution in [3.05, 3.63) is 0 Å². The van der Waals surface area contributed by atoms with Gasteiger partial charge in [0.25, 0.3) is 0 Å². The summed E-state index contributed by atoms with van der Waals surface area (Å²) < 4.78 is 0. The zero-order valence-electron chi connectivity index (χ0n) is 7.66. The smallest absolute Gasteiger partial charge is 0.303 e. The molecule has 0 rings (SSSR count).